The van der Waals surface area contributed by atoms with Gasteiger partial charge in [0, 0.05) is 22.6 Å². The van der Waals surface area contributed by atoms with Gasteiger partial charge in [0.25, 0.3) is 5.69 Å². The first-order valence-electron chi connectivity index (χ1n) is 6.84. The van der Waals surface area contributed by atoms with Crippen LogP contribution in [0.5, 0.6) is 0 Å². The second-order valence-corrected chi connectivity index (χ2v) is 5.71. The van der Waals surface area contributed by atoms with Crippen LogP contribution in [-0.2, 0) is 13.0 Å². The van der Waals surface area contributed by atoms with E-state index in [0.29, 0.717) is 12.1 Å². The van der Waals surface area contributed by atoms with Gasteiger partial charge in [0.2, 0.25) is 0 Å². The van der Waals surface area contributed by atoms with Crippen LogP contribution in [0, 0.1) is 10.1 Å². The number of benzene rings is 2. The molecule has 110 valence electrons. The number of nitro groups is 1. The first-order chi connectivity index (χ1) is 10.2. The van der Waals surface area contributed by atoms with Crippen LogP contribution in [0.15, 0.2) is 53.0 Å². The van der Waals surface area contributed by atoms with Gasteiger partial charge < -0.3 is 5.32 Å². The lowest BCUT2D eigenvalue weighted by Gasteiger charge is -2.06. The molecule has 0 aromatic heterocycles. The molecule has 2 rings (SSSR count). The van der Waals surface area contributed by atoms with Crippen LogP contribution in [-0.4, -0.2) is 11.5 Å². The van der Waals surface area contributed by atoms with E-state index in [0.717, 1.165) is 23.9 Å². The largest absolute Gasteiger partial charge is 0.312 e. The van der Waals surface area contributed by atoms with Crippen molar-refractivity contribution in [3.8, 4) is 0 Å². The van der Waals surface area contributed by atoms with Crippen molar-refractivity contribution in [1.29, 1.82) is 0 Å². The van der Waals surface area contributed by atoms with Crippen LogP contribution >= 0.6 is 15.9 Å². The fourth-order valence-electron chi connectivity index (χ4n) is 2.14. The number of nitro benzene ring substituents is 1. The molecule has 5 heteroatoms. The third-order valence-corrected chi connectivity index (χ3v) is 3.71. The SMILES string of the molecule is O=[N+]([O-])c1cc(Br)ccc1CNCCCc1ccccc1. The zero-order valence-corrected chi connectivity index (χ0v) is 13.2. The van der Waals surface area contributed by atoms with E-state index in [1.165, 1.54) is 5.56 Å². The Morgan fingerprint density at radius 3 is 2.62 bits per heavy atom. The fraction of sp³-hybridized carbons (Fsp3) is 0.250. The summed E-state index contributed by atoms with van der Waals surface area (Å²) in [5.41, 5.74) is 2.18. The molecule has 0 fully saturated rings. The zero-order chi connectivity index (χ0) is 15.1. The Morgan fingerprint density at radius 2 is 1.90 bits per heavy atom. The molecular formula is C16H17BrN2O2. The maximum atomic E-state index is 11.0. The Hall–Kier alpha value is -1.72. The van der Waals surface area contributed by atoms with Gasteiger partial charge in [0.1, 0.15) is 0 Å². The third kappa shape index (κ3) is 4.95. The number of nitrogens with one attached hydrogen (secondary N) is 1. The van der Waals surface area contributed by atoms with Crippen LogP contribution in [0.25, 0.3) is 0 Å². The van der Waals surface area contributed by atoms with E-state index in [-0.39, 0.29) is 10.6 Å². The maximum Gasteiger partial charge on any atom is 0.275 e. The van der Waals surface area contributed by atoms with E-state index in [2.05, 4.69) is 33.4 Å². The van der Waals surface area contributed by atoms with Crippen molar-refractivity contribution < 1.29 is 4.92 Å². The first-order valence-corrected chi connectivity index (χ1v) is 7.63. The third-order valence-electron chi connectivity index (χ3n) is 3.22. The average Bonchev–Trinajstić information content (AvgIpc) is 2.49. The zero-order valence-electron chi connectivity index (χ0n) is 11.6. The van der Waals surface area contributed by atoms with Crippen molar-refractivity contribution in [3.63, 3.8) is 0 Å². The van der Waals surface area contributed by atoms with Crippen molar-refractivity contribution in [2.75, 3.05) is 6.54 Å². The van der Waals surface area contributed by atoms with Crippen LogP contribution in [0.4, 0.5) is 5.69 Å². The lowest BCUT2D eigenvalue weighted by molar-refractivity contribution is -0.385. The Labute approximate surface area is 132 Å². The lowest BCUT2D eigenvalue weighted by atomic mass is 10.1. The molecule has 1 N–H and O–H groups in total. The van der Waals surface area contributed by atoms with E-state index < -0.39 is 0 Å². The highest BCUT2D eigenvalue weighted by atomic mass is 79.9. The minimum Gasteiger partial charge on any atom is -0.312 e. The summed E-state index contributed by atoms with van der Waals surface area (Å²) < 4.78 is 0.724. The molecule has 0 saturated carbocycles. The predicted octanol–water partition coefficient (Wildman–Crippen LogP) is 4.08. The summed E-state index contributed by atoms with van der Waals surface area (Å²) in [7, 11) is 0. The second-order valence-electron chi connectivity index (χ2n) is 4.80. The van der Waals surface area contributed by atoms with Crippen molar-refractivity contribution in [3.05, 3.63) is 74.2 Å². The molecule has 0 unspecified atom stereocenters. The van der Waals surface area contributed by atoms with Gasteiger partial charge in [0.15, 0.2) is 0 Å². The van der Waals surface area contributed by atoms with Crippen molar-refractivity contribution in [2.45, 2.75) is 19.4 Å². The van der Waals surface area contributed by atoms with Crippen LogP contribution in [0.1, 0.15) is 17.5 Å². The lowest BCUT2D eigenvalue weighted by Crippen LogP contribution is -2.16. The molecule has 4 nitrogen and oxygen atoms in total. The number of hydrogen-bond acceptors (Lipinski definition) is 3. The summed E-state index contributed by atoms with van der Waals surface area (Å²) >= 11 is 3.26. The normalized spacial score (nSPS) is 10.5. The molecule has 21 heavy (non-hydrogen) atoms. The van der Waals surface area contributed by atoms with E-state index in [9.17, 15) is 10.1 Å². The minimum atomic E-state index is -0.342. The summed E-state index contributed by atoms with van der Waals surface area (Å²) in [6.45, 7) is 1.35. The Kier molecular flexibility index (Phi) is 5.90. The van der Waals surface area contributed by atoms with E-state index in [4.69, 9.17) is 0 Å². The fourth-order valence-corrected chi connectivity index (χ4v) is 2.49. The molecule has 0 atom stereocenters. The quantitative estimate of drug-likeness (QED) is 0.466. The topological polar surface area (TPSA) is 55.2 Å². The van der Waals surface area contributed by atoms with Gasteiger partial charge in [0.05, 0.1) is 4.92 Å². The molecule has 0 amide bonds. The van der Waals surface area contributed by atoms with Crippen LogP contribution < -0.4 is 5.32 Å². The number of aryl methyl sites for hydroxylation is 1. The first kappa shape index (κ1) is 15.7. The monoisotopic (exact) mass is 348 g/mol. The number of hydrogen-bond donors (Lipinski definition) is 1. The Balaban J connectivity index is 1.80. The molecule has 0 heterocycles. The Morgan fingerprint density at radius 1 is 1.14 bits per heavy atom. The standard InChI is InChI=1S/C16H17BrN2O2/c17-15-9-8-14(16(11-15)19(20)21)12-18-10-4-7-13-5-2-1-3-6-13/h1-3,5-6,8-9,11,18H,4,7,10,12H2. The molecule has 0 aliphatic rings. The second kappa shape index (κ2) is 7.90. The van der Waals surface area contributed by atoms with E-state index in [1.807, 2.05) is 24.3 Å². The molecule has 0 spiro atoms. The molecular weight excluding hydrogens is 332 g/mol. The number of rotatable bonds is 7. The van der Waals surface area contributed by atoms with Gasteiger partial charge in [-0.3, -0.25) is 10.1 Å². The summed E-state index contributed by atoms with van der Waals surface area (Å²) in [5.74, 6) is 0. The summed E-state index contributed by atoms with van der Waals surface area (Å²) in [6.07, 6.45) is 2.02. The average molecular weight is 349 g/mol. The molecule has 2 aromatic carbocycles. The van der Waals surface area contributed by atoms with Crippen molar-refractivity contribution >= 4 is 21.6 Å². The highest BCUT2D eigenvalue weighted by Crippen LogP contribution is 2.23. The van der Waals surface area contributed by atoms with Crippen LogP contribution in [0.3, 0.4) is 0 Å². The van der Waals surface area contributed by atoms with Gasteiger partial charge in [-0.25, -0.2) is 0 Å². The highest BCUT2D eigenvalue weighted by molar-refractivity contribution is 9.10. The maximum absolute atomic E-state index is 11.0. The van der Waals surface area contributed by atoms with Gasteiger partial charge in [-0.05, 0) is 37.1 Å². The van der Waals surface area contributed by atoms with Gasteiger partial charge in [-0.2, -0.15) is 0 Å². The van der Waals surface area contributed by atoms with Gasteiger partial charge >= 0.3 is 0 Å². The van der Waals surface area contributed by atoms with Gasteiger partial charge in [-0.15, -0.1) is 0 Å². The summed E-state index contributed by atoms with van der Waals surface area (Å²) in [6, 6.07) is 15.5. The summed E-state index contributed by atoms with van der Waals surface area (Å²) in [4.78, 5) is 10.7. The number of nitrogens with zero attached hydrogens (tertiary/aromatic N) is 1. The highest BCUT2D eigenvalue weighted by Gasteiger charge is 2.13. The molecule has 2 aromatic rings. The molecule has 0 saturated heterocycles. The van der Waals surface area contributed by atoms with Crippen molar-refractivity contribution in [2.24, 2.45) is 0 Å². The van der Waals surface area contributed by atoms with Crippen LogP contribution in [0.2, 0.25) is 0 Å². The van der Waals surface area contributed by atoms with Crippen molar-refractivity contribution in [1.82, 2.24) is 5.32 Å². The van der Waals surface area contributed by atoms with E-state index >= 15 is 0 Å². The summed E-state index contributed by atoms with van der Waals surface area (Å²) in [5, 5.41) is 14.3. The van der Waals surface area contributed by atoms with E-state index in [1.54, 1.807) is 12.1 Å². The predicted molar refractivity (Wildman–Crippen MR) is 87.3 cm³/mol. The molecule has 0 aliphatic carbocycles. The molecule has 0 aliphatic heterocycles. The Bertz CT molecular complexity index is 602. The minimum absolute atomic E-state index is 0.153. The molecule has 0 radical (unpaired) electrons. The number of halogens is 1. The van der Waals surface area contributed by atoms with Gasteiger partial charge in [-0.1, -0.05) is 46.3 Å². The smallest absolute Gasteiger partial charge is 0.275 e. The molecule has 0 bridgehead atoms.